The standard InChI is InChI=1S/C15H21N5/c16-12-6-8-13(9-7-12)17-10-14-15(19-20-18-14)11-4-2-1-3-5-11/h1-5,12-13,17H,6-10,16H2,(H,18,19,20). The van der Waals surface area contributed by atoms with Crippen molar-refractivity contribution >= 4 is 0 Å². The molecule has 0 radical (unpaired) electrons. The number of hydrogen-bond donors (Lipinski definition) is 3. The summed E-state index contributed by atoms with van der Waals surface area (Å²) in [5, 5.41) is 14.8. The Labute approximate surface area is 119 Å². The quantitative estimate of drug-likeness (QED) is 0.792. The van der Waals surface area contributed by atoms with Crippen molar-refractivity contribution in [1.82, 2.24) is 20.7 Å². The monoisotopic (exact) mass is 271 g/mol. The second kappa shape index (κ2) is 6.15. The molecule has 1 heterocycles. The zero-order valence-electron chi connectivity index (χ0n) is 11.5. The highest BCUT2D eigenvalue weighted by atomic mass is 15.3. The van der Waals surface area contributed by atoms with Crippen LogP contribution in [0.15, 0.2) is 30.3 Å². The highest BCUT2D eigenvalue weighted by Crippen LogP contribution is 2.20. The van der Waals surface area contributed by atoms with Crippen molar-refractivity contribution in [3.8, 4) is 11.3 Å². The van der Waals surface area contributed by atoms with Gasteiger partial charge in [0, 0.05) is 24.2 Å². The molecule has 3 rings (SSSR count). The predicted molar refractivity (Wildman–Crippen MR) is 78.9 cm³/mol. The zero-order chi connectivity index (χ0) is 13.8. The fraction of sp³-hybridized carbons (Fsp3) is 0.467. The van der Waals surface area contributed by atoms with E-state index in [1.165, 1.54) is 0 Å². The molecule has 1 aromatic heterocycles. The van der Waals surface area contributed by atoms with Crippen LogP contribution in [0.25, 0.3) is 11.3 Å². The molecular formula is C15H21N5. The average molecular weight is 271 g/mol. The molecule has 1 aliphatic carbocycles. The second-order valence-electron chi connectivity index (χ2n) is 5.48. The van der Waals surface area contributed by atoms with Gasteiger partial charge in [0.25, 0.3) is 0 Å². The molecule has 1 fully saturated rings. The van der Waals surface area contributed by atoms with E-state index < -0.39 is 0 Å². The summed E-state index contributed by atoms with van der Waals surface area (Å²) in [6.45, 7) is 0.751. The maximum Gasteiger partial charge on any atom is 0.117 e. The smallest absolute Gasteiger partial charge is 0.117 e. The molecule has 4 N–H and O–H groups in total. The van der Waals surface area contributed by atoms with Crippen molar-refractivity contribution in [3.05, 3.63) is 36.0 Å². The lowest BCUT2D eigenvalue weighted by Crippen LogP contribution is -2.37. The Kier molecular flexibility index (Phi) is 4.08. The fourth-order valence-electron chi connectivity index (χ4n) is 2.77. The number of nitrogens with zero attached hydrogens (tertiary/aromatic N) is 2. The van der Waals surface area contributed by atoms with Gasteiger partial charge in [-0.1, -0.05) is 30.3 Å². The first-order valence-corrected chi connectivity index (χ1v) is 7.27. The Morgan fingerprint density at radius 3 is 2.60 bits per heavy atom. The fourth-order valence-corrected chi connectivity index (χ4v) is 2.77. The number of H-pyrrole nitrogens is 1. The summed E-state index contributed by atoms with van der Waals surface area (Å²) < 4.78 is 0. The van der Waals surface area contributed by atoms with E-state index >= 15 is 0 Å². The van der Waals surface area contributed by atoms with Crippen LogP contribution in [0.5, 0.6) is 0 Å². The van der Waals surface area contributed by atoms with Crippen molar-refractivity contribution in [3.63, 3.8) is 0 Å². The Bertz CT molecular complexity index is 528. The number of aromatic nitrogens is 3. The van der Waals surface area contributed by atoms with E-state index in [4.69, 9.17) is 5.73 Å². The number of benzene rings is 1. The number of rotatable bonds is 4. The molecule has 0 amide bonds. The molecule has 1 aliphatic rings. The first-order chi connectivity index (χ1) is 9.83. The molecule has 1 saturated carbocycles. The van der Waals surface area contributed by atoms with E-state index in [-0.39, 0.29) is 0 Å². The van der Waals surface area contributed by atoms with E-state index in [9.17, 15) is 0 Å². The van der Waals surface area contributed by atoms with Gasteiger partial charge in [0.05, 0.1) is 0 Å². The van der Waals surface area contributed by atoms with Gasteiger partial charge >= 0.3 is 0 Å². The first-order valence-electron chi connectivity index (χ1n) is 7.27. The van der Waals surface area contributed by atoms with Crippen LogP contribution in [0.4, 0.5) is 0 Å². The summed E-state index contributed by atoms with van der Waals surface area (Å²) in [6.07, 6.45) is 4.53. The van der Waals surface area contributed by atoms with Crippen molar-refractivity contribution in [2.24, 2.45) is 5.73 Å². The number of aromatic amines is 1. The lowest BCUT2D eigenvalue weighted by Gasteiger charge is -2.26. The van der Waals surface area contributed by atoms with Crippen LogP contribution < -0.4 is 11.1 Å². The highest BCUT2D eigenvalue weighted by Gasteiger charge is 2.19. The summed E-state index contributed by atoms with van der Waals surface area (Å²) in [6, 6.07) is 11.1. The van der Waals surface area contributed by atoms with Gasteiger partial charge in [-0.3, -0.25) is 0 Å². The van der Waals surface area contributed by atoms with Gasteiger partial charge in [0.2, 0.25) is 0 Å². The van der Waals surface area contributed by atoms with Crippen molar-refractivity contribution in [2.75, 3.05) is 0 Å². The highest BCUT2D eigenvalue weighted by molar-refractivity contribution is 5.60. The van der Waals surface area contributed by atoms with Crippen LogP contribution in [0.1, 0.15) is 31.4 Å². The van der Waals surface area contributed by atoms with Gasteiger partial charge in [-0.25, -0.2) is 0 Å². The molecule has 1 aromatic carbocycles. The van der Waals surface area contributed by atoms with Crippen LogP contribution in [0, 0.1) is 0 Å². The van der Waals surface area contributed by atoms with Crippen LogP contribution in [0.2, 0.25) is 0 Å². The lowest BCUT2D eigenvalue weighted by atomic mass is 9.92. The topological polar surface area (TPSA) is 79.6 Å². The zero-order valence-corrected chi connectivity index (χ0v) is 11.5. The van der Waals surface area contributed by atoms with Gasteiger partial charge in [0.1, 0.15) is 11.4 Å². The largest absolute Gasteiger partial charge is 0.328 e. The SMILES string of the molecule is NC1CCC(NCc2n[nH]nc2-c2ccccc2)CC1. The Morgan fingerprint density at radius 1 is 1.10 bits per heavy atom. The molecule has 5 nitrogen and oxygen atoms in total. The number of hydrogen-bond acceptors (Lipinski definition) is 4. The number of nitrogens with one attached hydrogen (secondary N) is 2. The van der Waals surface area contributed by atoms with E-state index in [2.05, 4.69) is 32.9 Å². The van der Waals surface area contributed by atoms with Gasteiger partial charge in [-0.2, -0.15) is 15.4 Å². The van der Waals surface area contributed by atoms with Crippen LogP contribution in [-0.2, 0) is 6.54 Å². The average Bonchev–Trinajstić information content (AvgIpc) is 2.96. The van der Waals surface area contributed by atoms with Crippen molar-refractivity contribution < 1.29 is 0 Å². The molecular weight excluding hydrogens is 250 g/mol. The van der Waals surface area contributed by atoms with E-state index in [0.29, 0.717) is 12.1 Å². The molecule has 0 aliphatic heterocycles. The molecule has 0 saturated heterocycles. The molecule has 0 unspecified atom stereocenters. The van der Waals surface area contributed by atoms with Gasteiger partial charge in [-0.15, -0.1) is 0 Å². The third kappa shape index (κ3) is 3.05. The third-order valence-corrected chi connectivity index (χ3v) is 4.00. The Balaban J connectivity index is 1.63. The summed E-state index contributed by atoms with van der Waals surface area (Å²) in [4.78, 5) is 0. The summed E-state index contributed by atoms with van der Waals surface area (Å²) in [5.41, 5.74) is 8.95. The van der Waals surface area contributed by atoms with Gasteiger partial charge in [-0.05, 0) is 25.7 Å². The van der Waals surface area contributed by atoms with Crippen LogP contribution in [0.3, 0.4) is 0 Å². The minimum Gasteiger partial charge on any atom is -0.328 e. The summed E-state index contributed by atoms with van der Waals surface area (Å²) in [7, 11) is 0. The molecule has 0 bridgehead atoms. The summed E-state index contributed by atoms with van der Waals surface area (Å²) in [5.74, 6) is 0. The maximum atomic E-state index is 5.93. The third-order valence-electron chi connectivity index (χ3n) is 4.00. The van der Waals surface area contributed by atoms with E-state index in [1.54, 1.807) is 0 Å². The normalized spacial score (nSPS) is 22.9. The van der Waals surface area contributed by atoms with E-state index in [0.717, 1.165) is 49.2 Å². The molecule has 0 spiro atoms. The molecule has 20 heavy (non-hydrogen) atoms. The maximum absolute atomic E-state index is 5.93. The van der Waals surface area contributed by atoms with Crippen LogP contribution >= 0.6 is 0 Å². The number of nitrogens with two attached hydrogens (primary N) is 1. The van der Waals surface area contributed by atoms with Crippen LogP contribution in [-0.4, -0.2) is 27.5 Å². The molecule has 0 atom stereocenters. The van der Waals surface area contributed by atoms with Gasteiger partial charge in [0.15, 0.2) is 0 Å². The van der Waals surface area contributed by atoms with E-state index in [1.807, 2.05) is 18.2 Å². The Morgan fingerprint density at radius 2 is 1.85 bits per heavy atom. The minimum absolute atomic E-state index is 0.389. The summed E-state index contributed by atoms with van der Waals surface area (Å²) >= 11 is 0. The van der Waals surface area contributed by atoms with Gasteiger partial charge < -0.3 is 11.1 Å². The van der Waals surface area contributed by atoms with Crippen molar-refractivity contribution in [1.29, 1.82) is 0 Å². The second-order valence-corrected chi connectivity index (χ2v) is 5.48. The molecule has 2 aromatic rings. The predicted octanol–water partition coefficient (Wildman–Crippen LogP) is 1.83. The molecule has 5 heteroatoms. The molecule has 106 valence electrons. The lowest BCUT2D eigenvalue weighted by molar-refractivity contribution is 0.341. The minimum atomic E-state index is 0.389. The Hall–Kier alpha value is -1.72. The first kappa shape index (κ1) is 13.3. The van der Waals surface area contributed by atoms with Crippen molar-refractivity contribution in [2.45, 2.75) is 44.3 Å².